The van der Waals surface area contributed by atoms with Gasteiger partial charge in [-0.1, -0.05) is 32.3 Å². The second kappa shape index (κ2) is 6.38. The van der Waals surface area contributed by atoms with E-state index in [0.717, 1.165) is 6.54 Å². The standard InChI is InChI=1S/C16H24FNO/c1-16(8-4-3-5-9-16)12-18-11-13-6-7-14(19-2)10-15(13)17/h6-7,10,18H,3-5,8-9,11-12H2,1-2H3. The third-order valence-corrected chi connectivity index (χ3v) is 4.19. The van der Waals surface area contributed by atoms with Gasteiger partial charge in [0.1, 0.15) is 11.6 Å². The highest BCUT2D eigenvalue weighted by molar-refractivity contribution is 5.28. The molecular weight excluding hydrogens is 241 g/mol. The minimum absolute atomic E-state index is 0.194. The molecule has 0 atom stereocenters. The second-order valence-electron chi connectivity index (χ2n) is 5.93. The van der Waals surface area contributed by atoms with Crippen LogP contribution in [-0.4, -0.2) is 13.7 Å². The first-order valence-corrected chi connectivity index (χ1v) is 7.16. The van der Waals surface area contributed by atoms with Crippen molar-refractivity contribution in [1.29, 1.82) is 0 Å². The summed E-state index contributed by atoms with van der Waals surface area (Å²) in [7, 11) is 1.55. The Kier molecular flexibility index (Phi) is 4.81. The van der Waals surface area contributed by atoms with E-state index < -0.39 is 0 Å². The van der Waals surface area contributed by atoms with Crippen molar-refractivity contribution < 1.29 is 9.13 Å². The smallest absolute Gasteiger partial charge is 0.131 e. The summed E-state index contributed by atoms with van der Waals surface area (Å²) in [6.07, 6.45) is 6.59. The number of ether oxygens (including phenoxy) is 1. The van der Waals surface area contributed by atoms with E-state index in [-0.39, 0.29) is 5.82 Å². The van der Waals surface area contributed by atoms with Crippen LogP contribution in [-0.2, 0) is 6.54 Å². The minimum Gasteiger partial charge on any atom is -0.497 e. The Morgan fingerprint density at radius 3 is 2.63 bits per heavy atom. The van der Waals surface area contributed by atoms with Gasteiger partial charge in [-0.3, -0.25) is 0 Å². The molecule has 0 saturated heterocycles. The Balaban J connectivity index is 1.85. The van der Waals surface area contributed by atoms with Crippen molar-refractivity contribution in [3.8, 4) is 5.75 Å². The summed E-state index contributed by atoms with van der Waals surface area (Å²) < 4.78 is 18.8. The number of nitrogens with one attached hydrogen (secondary N) is 1. The highest BCUT2D eigenvalue weighted by atomic mass is 19.1. The van der Waals surface area contributed by atoms with Gasteiger partial charge < -0.3 is 10.1 Å². The van der Waals surface area contributed by atoms with Gasteiger partial charge in [-0.2, -0.15) is 0 Å². The van der Waals surface area contributed by atoms with Gasteiger partial charge in [-0.25, -0.2) is 4.39 Å². The van der Waals surface area contributed by atoms with Crippen molar-refractivity contribution in [2.45, 2.75) is 45.6 Å². The molecule has 2 rings (SSSR count). The van der Waals surface area contributed by atoms with Crippen LogP contribution in [0.3, 0.4) is 0 Å². The number of rotatable bonds is 5. The summed E-state index contributed by atoms with van der Waals surface area (Å²) in [6, 6.07) is 5.05. The molecule has 3 heteroatoms. The topological polar surface area (TPSA) is 21.3 Å². The van der Waals surface area contributed by atoms with Crippen LogP contribution in [0.2, 0.25) is 0 Å². The summed E-state index contributed by atoms with van der Waals surface area (Å²) in [5, 5.41) is 3.41. The molecule has 19 heavy (non-hydrogen) atoms. The van der Waals surface area contributed by atoms with Gasteiger partial charge >= 0.3 is 0 Å². The molecule has 1 aliphatic carbocycles. The van der Waals surface area contributed by atoms with Crippen molar-refractivity contribution in [2.75, 3.05) is 13.7 Å². The monoisotopic (exact) mass is 265 g/mol. The lowest BCUT2D eigenvalue weighted by molar-refractivity contribution is 0.207. The highest BCUT2D eigenvalue weighted by Gasteiger charge is 2.26. The van der Waals surface area contributed by atoms with Crippen molar-refractivity contribution in [1.82, 2.24) is 5.32 Å². The first-order chi connectivity index (χ1) is 9.13. The molecule has 0 heterocycles. The van der Waals surface area contributed by atoms with Gasteiger partial charge in [-0.05, 0) is 24.3 Å². The first-order valence-electron chi connectivity index (χ1n) is 7.16. The lowest BCUT2D eigenvalue weighted by atomic mass is 9.76. The molecule has 0 amide bonds. The summed E-state index contributed by atoms with van der Waals surface area (Å²) in [4.78, 5) is 0. The Hall–Kier alpha value is -1.09. The van der Waals surface area contributed by atoms with Crippen LogP contribution in [0.25, 0.3) is 0 Å². The molecule has 1 N–H and O–H groups in total. The molecule has 1 aromatic rings. The Bertz CT molecular complexity index is 413. The van der Waals surface area contributed by atoms with E-state index in [1.165, 1.54) is 38.2 Å². The fourth-order valence-electron chi connectivity index (χ4n) is 2.88. The van der Waals surface area contributed by atoms with Crippen molar-refractivity contribution >= 4 is 0 Å². The van der Waals surface area contributed by atoms with Crippen LogP contribution < -0.4 is 10.1 Å². The molecule has 106 valence electrons. The summed E-state index contributed by atoms with van der Waals surface area (Å²) in [6.45, 7) is 3.90. The molecule has 0 spiro atoms. The number of halogens is 1. The summed E-state index contributed by atoms with van der Waals surface area (Å²) in [5.74, 6) is 0.376. The summed E-state index contributed by atoms with van der Waals surface area (Å²) in [5.41, 5.74) is 1.10. The van der Waals surface area contributed by atoms with E-state index in [1.54, 1.807) is 13.2 Å². The van der Waals surface area contributed by atoms with Gasteiger partial charge in [0.25, 0.3) is 0 Å². The Morgan fingerprint density at radius 1 is 1.26 bits per heavy atom. The molecule has 0 aliphatic heterocycles. The quantitative estimate of drug-likeness (QED) is 0.872. The first kappa shape index (κ1) is 14.3. The SMILES string of the molecule is COc1ccc(CNCC2(C)CCCCC2)c(F)c1. The average molecular weight is 265 g/mol. The number of hydrogen-bond donors (Lipinski definition) is 1. The van der Waals surface area contributed by atoms with Crippen molar-refractivity contribution in [2.24, 2.45) is 5.41 Å². The van der Waals surface area contributed by atoms with Crippen LogP contribution in [0.15, 0.2) is 18.2 Å². The zero-order chi connectivity index (χ0) is 13.7. The molecule has 0 bridgehead atoms. The zero-order valence-corrected chi connectivity index (χ0v) is 12.0. The van der Waals surface area contributed by atoms with E-state index in [2.05, 4.69) is 12.2 Å². The number of methoxy groups -OCH3 is 1. The predicted octanol–water partition coefficient (Wildman–Crippen LogP) is 3.89. The highest BCUT2D eigenvalue weighted by Crippen LogP contribution is 2.35. The van der Waals surface area contributed by atoms with Gasteiger partial charge in [0, 0.05) is 24.7 Å². The molecule has 1 fully saturated rings. The lowest BCUT2D eigenvalue weighted by Crippen LogP contribution is -2.33. The summed E-state index contributed by atoms with van der Waals surface area (Å²) >= 11 is 0. The minimum atomic E-state index is -0.194. The van der Waals surface area contributed by atoms with Crippen LogP contribution in [0.5, 0.6) is 5.75 Å². The van der Waals surface area contributed by atoms with Crippen LogP contribution in [0.4, 0.5) is 4.39 Å². The molecule has 0 radical (unpaired) electrons. The predicted molar refractivity (Wildman–Crippen MR) is 75.9 cm³/mol. The maximum absolute atomic E-state index is 13.8. The van der Waals surface area contributed by atoms with Gasteiger partial charge in [0.2, 0.25) is 0 Å². The normalized spacial score (nSPS) is 18.3. The number of benzene rings is 1. The molecule has 0 aromatic heterocycles. The van der Waals surface area contributed by atoms with E-state index >= 15 is 0 Å². The van der Waals surface area contributed by atoms with Gasteiger partial charge in [-0.15, -0.1) is 0 Å². The van der Waals surface area contributed by atoms with Crippen LogP contribution in [0.1, 0.15) is 44.6 Å². The van der Waals surface area contributed by atoms with E-state index in [1.807, 2.05) is 6.07 Å². The van der Waals surface area contributed by atoms with E-state index in [0.29, 0.717) is 23.3 Å². The van der Waals surface area contributed by atoms with Crippen LogP contribution >= 0.6 is 0 Å². The maximum Gasteiger partial charge on any atom is 0.131 e. The molecule has 0 unspecified atom stereocenters. The fraction of sp³-hybridized carbons (Fsp3) is 0.625. The molecule has 2 nitrogen and oxygen atoms in total. The van der Waals surface area contributed by atoms with Gasteiger partial charge in [0.15, 0.2) is 0 Å². The third kappa shape index (κ3) is 3.93. The molecule has 1 aromatic carbocycles. The maximum atomic E-state index is 13.8. The Morgan fingerprint density at radius 2 is 2.00 bits per heavy atom. The second-order valence-corrected chi connectivity index (χ2v) is 5.93. The van der Waals surface area contributed by atoms with Crippen molar-refractivity contribution in [3.05, 3.63) is 29.6 Å². The van der Waals surface area contributed by atoms with E-state index in [4.69, 9.17) is 4.74 Å². The molecule has 1 aliphatic rings. The molecular formula is C16H24FNO. The van der Waals surface area contributed by atoms with Gasteiger partial charge in [0.05, 0.1) is 7.11 Å². The van der Waals surface area contributed by atoms with E-state index in [9.17, 15) is 4.39 Å². The number of hydrogen-bond acceptors (Lipinski definition) is 2. The molecule has 1 saturated carbocycles. The van der Waals surface area contributed by atoms with Crippen molar-refractivity contribution in [3.63, 3.8) is 0 Å². The zero-order valence-electron chi connectivity index (χ0n) is 12.0. The largest absolute Gasteiger partial charge is 0.497 e. The fourth-order valence-corrected chi connectivity index (χ4v) is 2.88. The lowest BCUT2D eigenvalue weighted by Gasteiger charge is -2.33. The Labute approximate surface area is 115 Å². The third-order valence-electron chi connectivity index (χ3n) is 4.19. The van der Waals surface area contributed by atoms with Crippen LogP contribution in [0, 0.1) is 11.2 Å². The average Bonchev–Trinajstić information content (AvgIpc) is 2.41.